The topological polar surface area (TPSA) is 405 Å². The standard InChI is InChI=1S/C53H86O24/c1-23-34(61)43(77-45-41(68)38(65)36(63)28(18-55)74-45)42(69)46(73-23)76-33-10-11-49(3)30(50(33,4)21-56)9-12-51(5)31(49)8-7-24-25-15-48(2,13-14-53(25,22-57)32(60)16-52(24,51)6)47(70)72-20-29-37(64)39(66)40(67)44(75-29)71-19-27(59)35(62)26(58)17-54/h7-8,23,26-46,54-69H,9-22H2,1-6H3/t23-,26?,27?,28-,29-,30?,31?,32-,33+,34+,35?,36-,37-,38-,39-,40-,41-,42-,43-,44+,45+,46+,48+,49+,50+,51-,52-,53-/m1/s1. The summed E-state index contributed by atoms with van der Waals surface area (Å²) in [6.07, 6.45) is -23.2. The van der Waals surface area contributed by atoms with Gasteiger partial charge in [-0.2, -0.15) is 0 Å². The van der Waals surface area contributed by atoms with Crippen LogP contribution < -0.4 is 0 Å². The Balaban J connectivity index is 1.000. The first-order valence-electron chi connectivity index (χ1n) is 27.2. The number of aliphatic hydroxyl groups is 16. The number of esters is 1. The van der Waals surface area contributed by atoms with Crippen LogP contribution in [0, 0.1) is 44.3 Å². The number of allylic oxidation sites excluding steroid dienone is 3. The van der Waals surface area contributed by atoms with Crippen molar-refractivity contribution in [3.63, 3.8) is 0 Å². The van der Waals surface area contributed by atoms with Crippen LogP contribution in [-0.4, -0.2) is 250 Å². The molecule has 6 fully saturated rings. The van der Waals surface area contributed by atoms with Gasteiger partial charge in [-0.05, 0) is 93.5 Å². The SMILES string of the molecule is C[C@H]1O[C@@H](O[C@H]2CC[C@@]3(C)C(CC[C@]4(C)C3C=CC3=C5C[C@@](C)(C(=O)OC[C@H]6O[C@H](OCC(O)C(O)C(O)CO)[C@H](O)[C@H](O)[C@@H]6O)CC[C@]5(CO)[C@H](O)C[C@]34C)[C@]2(C)CO)[C@H](O)[C@H](O[C@@H]2O[C@H](CO)[C@@H](O)[C@@H](O)[C@H]2O)[C@H]1O. The summed E-state index contributed by atoms with van der Waals surface area (Å²) in [4.78, 5) is 14.3. The molecule has 0 radical (unpaired) electrons. The lowest BCUT2D eigenvalue weighted by atomic mass is 9.35. The van der Waals surface area contributed by atoms with E-state index >= 15 is 0 Å². The molecule has 442 valence electrons. The Labute approximate surface area is 447 Å². The third kappa shape index (κ3) is 10.1. The van der Waals surface area contributed by atoms with Crippen LogP contribution in [0.1, 0.15) is 92.9 Å². The number of fused-ring (bicyclic) bond motifs is 6. The molecule has 3 heterocycles. The molecule has 5 aliphatic carbocycles. The van der Waals surface area contributed by atoms with Crippen molar-refractivity contribution in [2.24, 2.45) is 44.3 Å². The summed E-state index contributed by atoms with van der Waals surface area (Å²) in [5, 5.41) is 170. The smallest absolute Gasteiger partial charge is 0.312 e. The van der Waals surface area contributed by atoms with Gasteiger partial charge in [0.2, 0.25) is 0 Å². The Kier molecular flexibility index (Phi) is 18.0. The molecule has 0 aromatic heterocycles. The minimum Gasteiger partial charge on any atom is -0.462 e. The van der Waals surface area contributed by atoms with Crippen LogP contribution in [0.3, 0.4) is 0 Å². The Morgan fingerprint density at radius 2 is 1.34 bits per heavy atom. The summed E-state index contributed by atoms with van der Waals surface area (Å²) >= 11 is 0. The lowest BCUT2D eigenvalue weighted by molar-refractivity contribution is -0.367. The molecule has 0 bridgehead atoms. The van der Waals surface area contributed by atoms with E-state index in [1.54, 1.807) is 13.8 Å². The Hall–Kier alpha value is -1.93. The summed E-state index contributed by atoms with van der Waals surface area (Å²) in [6.45, 7) is 8.23. The summed E-state index contributed by atoms with van der Waals surface area (Å²) in [5.41, 5.74) is -3.22. The van der Waals surface area contributed by atoms with Crippen molar-refractivity contribution in [3.05, 3.63) is 23.3 Å². The van der Waals surface area contributed by atoms with Gasteiger partial charge in [0.15, 0.2) is 18.9 Å². The predicted molar refractivity (Wildman–Crippen MR) is 262 cm³/mol. The van der Waals surface area contributed by atoms with Crippen LogP contribution >= 0.6 is 0 Å². The van der Waals surface area contributed by atoms with Crippen LogP contribution in [0.15, 0.2) is 23.3 Å². The fourth-order valence-corrected chi connectivity index (χ4v) is 15.2. The Morgan fingerprint density at radius 1 is 0.701 bits per heavy atom. The van der Waals surface area contributed by atoms with Gasteiger partial charge in [0.25, 0.3) is 0 Å². The van der Waals surface area contributed by atoms with Crippen LogP contribution in [0.2, 0.25) is 0 Å². The molecule has 0 aromatic rings. The van der Waals surface area contributed by atoms with Crippen LogP contribution in [0.5, 0.6) is 0 Å². The fourth-order valence-electron chi connectivity index (χ4n) is 15.2. The maximum atomic E-state index is 14.3. The van der Waals surface area contributed by atoms with Crippen molar-refractivity contribution in [2.75, 3.05) is 39.6 Å². The average molecular weight is 1110 g/mol. The van der Waals surface area contributed by atoms with E-state index in [2.05, 4.69) is 32.9 Å². The molecule has 8 rings (SSSR count). The molecule has 0 aromatic carbocycles. The zero-order valence-corrected chi connectivity index (χ0v) is 44.7. The lowest BCUT2D eigenvalue weighted by Gasteiger charge is -2.70. The third-order valence-corrected chi connectivity index (χ3v) is 20.6. The number of rotatable bonds is 16. The highest BCUT2D eigenvalue weighted by Gasteiger charge is 2.69. The zero-order valence-electron chi connectivity index (χ0n) is 44.7. The lowest BCUT2D eigenvalue weighted by Crippen LogP contribution is -2.67. The summed E-state index contributed by atoms with van der Waals surface area (Å²) < 4.78 is 40.9. The van der Waals surface area contributed by atoms with Gasteiger partial charge in [0.1, 0.15) is 92.1 Å². The van der Waals surface area contributed by atoms with Crippen LogP contribution in [-0.2, 0) is 38.0 Å². The van der Waals surface area contributed by atoms with E-state index in [1.807, 2.05) is 6.92 Å². The second kappa shape index (κ2) is 22.7. The summed E-state index contributed by atoms with van der Waals surface area (Å²) in [6, 6.07) is 0. The van der Waals surface area contributed by atoms with Crippen molar-refractivity contribution in [2.45, 2.75) is 216 Å². The number of carbonyl (C=O) groups is 1. The summed E-state index contributed by atoms with van der Waals surface area (Å²) in [5.74, 6) is -0.960. The molecule has 0 amide bonds. The van der Waals surface area contributed by atoms with E-state index in [1.165, 1.54) is 0 Å². The first-order valence-corrected chi connectivity index (χ1v) is 27.2. The molecule has 16 N–H and O–H groups in total. The highest BCUT2D eigenvalue weighted by atomic mass is 16.7. The van der Waals surface area contributed by atoms with Crippen molar-refractivity contribution in [3.8, 4) is 0 Å². The van der Waals surface area contributed by atoms with Crippen LogP contribution in [0.25, 0.3) is 0 Å². The number of hydrogen-bond donors (Lipinski definition) is 16. The van der Waals surface area contributed by atoms with E-state index in [9.17, 15) is 81.4 Å². The van der Waals surface area contributed by atoms with Gasteiger partial charge in [0.05, 0.1) is 56.8 Å². The van der Waals surface area contributed by atoms with Crippen molar-refractivity contribution < 1.29 is 120 Å². The monoisotopic (exact) mass is 1110 g/mol. The van der Waals surface area contributed by atoms with Gasteiger partial charge in [-0.25, -0.2) is 0 Å². The van der Waals surface area contributed by atoms with Crippen molar-refractivity contribution >= 4 is 5.97 Å². The molecule has 3 saturated heterocycles. The quantitative estimate of drug-likeness (QED) is 0.0519. The highest BCUT2D eigenvalue weighted by Crippen LogP contribution is 2.74. The van der Waals surface area contributed by atoms with Gasteiger partial charge < -0.3 is 115 Å². The molecule has 24 nitrogen and oxygen atoms in total. The van der Waals surface area contributed by atoms with E-state index in [0.717, 1.165) is 11.1 Å². The highest BCUT2D eigenvalue weighted by molar-refractivity contribution is 5.77. The predicted octanol–water partition coefficient (Wildman–Crippen LogP) is -3.90. The Morgan fingerprint density at radius 3 is 1.97 bits per heavy atom. The van der Waals surface area contributed by atoms with Crippen molar-refractivity contribution in [1.29, 1.82) is 0 Å². The molecule has 77 heavy (non-hydrogen) atoms. The fraction of sp³-hybridized carbons (Fsp3) is 0.906. The van der Waals surface area contributed by atoms with Crippen LogP contribution in [0.4, 0.5) is 0 Å². The number of hydrogen-bond acceptors (Lipinski definition) is 24. The second-order valence-corrected chi connectivity index (χ2v) is 24.9. The zero-order chi connectivity index (χ0) is 56.7. The first kappa shape index (κ1) is 61.1. The van der Waals surface area contributed by atoms with E-state index in [-0.39, 0.29) is 44.3 Å². The van der Waals surface area contributed by atoms with Gasteiger partial charge >= 0.3 is 5.97 Å². The van der Waals surface area contributed by atoms with E-state index in [4.69, 9.17) is 38.3 Å². The van der Waals surface area contributed by atoms with Gasteiger partial charge in [-0.3, -0.25) is 4.79 Å². The Bertz CT molecular complexity index is 2130. The molecule has 3 saturated carbocycles. The number of ether oxygens (including phenoxy) is 7. The van der Waals surface area contributed by atoms with E-state index in [0.29, 0.717) is 32.1 Å². The van der Waals surface area contributed by atoms with Gasteiger partial charge in [-0.1, -0.05) is 45.4 Å². The summed E-state index contributed by atoms with van der Waals surface area (Å²) in [7, 11) is 0. The van der Waals surface area contributed by atoms with Gasteiger partial charge in [-0.15, -0.1) is 0 Å². The first-order chi connectivity index (χ1) is 36.1. The maximum Gasteiger partial charge on any atom is 0.312 e. The van der Waals surface area contributed by atoms with Gasteiger partial charge in [0, 0.05) is 16.2 Å². The molecule has 0 spiro atoms. The largest absolute Gasteiger partial charge is 0.462 e. The second-order valence-electron chi connectivity index (χ2n) is 24.9. The molecule has 3 aliphatic heterocycles. The average Bonchev–Trinajstić information content (AvgIpc) is 3.53. The molecule has 5 unspecified atom stereocenters. The molecular formula is C53H86O24. The molecular weight excluding hydrogens is 1020 g/mol. The van der Waals surface area contributed by atoms with E-state index < -0.39 is 188 Å². The third-order valence-electron chi connectivity index (χ3n) is 20.6. The minimum absolute atomic E-state index is 0.0984. The normalized spacial score (nSPS) is 51.1. The molecule has 28 atom stereocenters. The number of aliphatic hydroxyl groups excluding tert-OH is 16. The molecule has 8 aliphatic rings. The van der Waals surface area contributed by atoms with Crippen molar-refractivity contribution in [1.82, 2.24) is 0 Å². The maximum absolute atomic E-state index is 14.3. The molecule has 24 heteroatoms. The minimum atomic E-state index is -1.84. The number of carbonyl (C=O) groups excluding carboxylic acids is 1.